The van der Waals surface area contributed by atoms with Gasteiger partial charge >= 0.3 is 0 Å². The molecule has 2 aromatic carbocycles. The van der Waals surface area contributed by atoms with Gasteiger partial charge in [0.05, 0.1) is 6.04 Å². The van der Waals surface area contributed by atoms with Gasteiger partial charge in [0.15, 0.2) is 0 Å². The van der Waals surface area contributed by atoms with E-state index < -0.39 is 0 Å². The SMILES string of the molecule is CC(Nc1nc(Cc2ccc(F)cc2)ns1)c1ccccc1. The second kappa shape index (κ2) is 6.66. The van der Waals surface area contributed by atoms with Crippen molar-refractivity contribution >= 4 is 16.7 Å². The molecule has 1 heterocycles. The number of anilines is 1. The molecule has 3 nitrogen and oxygen atoms in total. The molecule has 1 unspecified atom stereocenters. The first-order valence-corrected chi connectivity index (χ1v) is 7.86. The minimum Gasteiger partial charge on any atom is -0.354 e. The summed E-state index contributed by atoms with van der Waals surface area (Å²) in [6.45, 7) is 2.09. The Morgan fingerprint density at radius 2 is 1.82 bits per heavy atom. The van der Waals surface area contributed by atoms with Crippen LogP contribution in [-0.4, -0.2) is 9.36 Å². The van der Waals surface area contributed by atoms with Gasteiger partial charge in [-0.05, 0) is 30.2 Å². The van der Waals surface area contributed by atoms with Crippen molar-refractivity contribution in [3.05, 3.63) is 77.4 Å². The van der Waals surface area contributed by atoms with Crippen molar-refractivity contribution in [1.29, 1.82) is 0 Å². The predicted octanol–water partition coefficient (Wildman–Crippen LogP) is 4.44. The zero-order valence-corrected chi connectivity index (χ0v) is 13.0. The molecule has 0 saturated carbocycles. The second-order valence-corrected chi connectivity index (χ2v) is 5.85. The van der Waals surface area contributed by atoms with Crippen molar-refractivity contribution in [1.82, 2.24) is 9.36 Å². The average Bonchev–Trinajstić information content (AvgIpc) is 2.97. The van der Waals surface area contributed by atoms with Gasteiger partial charge in [-0.15, -0.1) is 0 Å². The molecule has 3 aromatic rings. The minimum absolute atomic E-state index is 0.174. The van der Waals surface area contributed by atoms with Crippen molar-refractivity contribution in [2.45, 2.75) is 19.4 Å². The molecule has 1 N–H and O–H groups in total. The monoisotopic (exact) mass is 313 g/mol. The van der Waals surface area contributed by atoms with Gasteiger partial charge in [-0.1, -0.05) is 42.5 Å². The van der Waals surface area contributed by atoms with E-state index in [1.165, 1.54) is 29.2 Å². The van der Waals surface area contributed by atoms with Crippen LogP contribution in [-0.2, 0) is 6.42 Å². The highest BCUT2D eigenvalue weighted by molar-refractivity contribution is 7.09. The molecule has 0 spiro atoms. The normalized spacial score (nSPS) is 12.1. The van der Waals surface area contributed by atoms with E-state index in [2.05, 4.69) is 33.7 Å². The molecular weight excluding hydrogens is 297 g/mol. The standard InChI is InChI=1S/C17H16FN3S/c1-12(14-5-3-2-4-6-14)19-17-20-16(21-22-17)11-13-7-9-15(18)10-8-13/h2-10,12H,11H2,1H3,(H,19,20,21). The van der Waals surface area contributed by atoms with Crippen molar-refractivity contribution < 1.29 is 4.39 Å². The van der Waals surface area contributed by atoms with Gasteiger partial charge in [0.25, 0.3) is 0 Å². The Morgan fingerprint density at radius 3 is 2.55 bits per heavy atom. The lowest BCUT2D eigenvalue weighted by Gasteiger charge is -2.12. The van der Waals surface area contributed by atoms with E-state index >= 15 is 0 Å². The highest BCUT2D eigenvalue weighted by Gasteiger charge is 2.09. The first kappa shape index (κ1) is 14.7. The predicted molar refractivity (Wildman–Crippen MR) is 87.6 cm³/mol. The summed E-state index contributed by atoms with van der Waals surface area (Å²) in [5, 5.41) is 4.16. The summed E-state index contributed by atoms with van der Waals surface area (Å²) in [6.07, 6.45) is 0.609. The topological polar surface area (TPSA) is 37.8 Å². The van der Waals surface area contributed by atoms with E-state index in [0.717, 1.165) is 16.5 Å². The summed E-state index contributed by atoms with van der Waals surface area (Å²) in [5.41, 5.74) is 2.21. The van der Waals surface area contributed by atoms with Crippen LogP contribution in [0.25, 0.3) is 0 Å². The molecule has 112 valence electrons. The highest BCUT2D eigenvalue weighted by Crippen LogP contribution is 2.21. The van der Waals surface area contributed by atoms with E-state index in [9.17, 15) is 4.39 Å². The van der Waals surface area contributed by atoms with Crippen LogP contribution < -0.4 is 5.32 Å². The molecule has 1 aromatic heterocycles. The van der Waals surface area contributed by atoms with Crippen LogP contribution in [0.4, 0.5) is 9.52 Å². The van der Waals surface area contributed by atoms with Crippen LogP contribution in [0.5, 0.6) is 0 Å². The molecule has 3 rings (SSSR count). The molecule has 1 atom stereocenters. The number of halogens is 1. The Bertz CT molecular complexity index is 725. The minimum atomic E-state index is -0.228. The Hall–Kier alpha value is -2.27. The van der Waals surface area contributed by atoms with E-state index in [1.807, 2.05) is 18.2 Å². The third kappa shape index (κ3) is 3.68. The van der Waals surface area contributed by atoms with Crippen molar-refractivity contribution in [3.8, 4) is 0 Å². The molecule has 0 radical (unpaired) electrons. The van der Waals surface area contributed by atoms with Gasteiger partial charge < -0.3 is 5.32 Å². The molecular formula is C17H16FN3S. The third-order valence-corrected chi connectivity index (χ3v) is 4.07. The van der Waals surface area contributed by atoms with Crippen LogP contribution in [0.3, 0.4) is 0 Å². The van der Waals surface area contributed by atoms with Crippen LogP contribution in [0, 0.1) is 5.82 Å². The zero-order chi connectivity index (χ0) is 15.4. The Morgan fingerprint density at radius 1 is 1.09 bits per heavy atom. The van der Waals surface area contributed by atoms with Crippen LogP contribution >= 0.6 is 11.5 Å². The van der Waals surface area contributed by atoms with E-state index in [0.29, 0.717) is 6.42 Å². The summed E-state index contributed by atoms with van der Waals surface area (Å²) in [6, 6.07) is 16.8. The number of nitrogens with zero attached hydrogens (tertiary/aromatic N) is 2. The van der Waals surface area contributed by atoms with Gasteiger partial charge in [-0.3, -0.25) is 0 Å². The van der Waals surface area contributed by atoms with Gasteiger partial charge in [-0.2, -0.15) is 4.37 Å². The number of aromatic nitrogens is 2. The Balaban J connectivity index is 1.65. The second-order valence-electron chi connectivity index (χ2n) is 5.10. The smallest absolute Gasteiger partial charge is 0.203 e. The summed E-state index contributed by atoms with van der Waals surface area (Å²) >= 11 is 1.35. The van der Waals surface area contributed by atoms with Crippen molar-refractivity contribution in [2.75, 3.05) is 5.32 Å². The number of benzene rings is 2. The van der Waals surface area contributed by atoms with Crippen LogP contribution in [0.1, 0.15) is 29.9 Å². The fourth-order valence-corrected chi connectivity index (χ4v) is 2.85. The molecule has 0 aliphatic carbocycles. The van der Waals surface area contributed by atoms with Gasteiger partial charge in [-0.25, -0.2) is 9.37 Å². The summed E-state index contributed by atoms with van der Waals surface area (Å²) < 4.78 is 17.2. The van der Waals surface area contributed by atoms with E-state index in [4.69, 9.17) is 0 Å². The zero-order valence-electron chi connectivity index (χ0n) is 12.2. The lowest BCUT2D eigenvalue weighted by molar-refractivity contribution is 0.627. The van der Waals surface area contributed by atoms with E-state index in [1.54, 1.807) is 12.1 Å². The van der Waals surface area contributed by atoms with Crippen LogP contribution in [0.15, 0.2) is 54.6 Å². The Kier molecular flexibility index (Phi) is 4.44. The number of rotatable bonds is 5. The van der Waals surface area contributed by atoms with Crippen LogP contribution in [0.2, 0.25) is 0 Å². The quantitative estimate of drug-likeness (QED) is 0.756. The summed E-state index contributed by atoms with van der Waals surface area (Å²) in [7, 11) is 0. The molecule has 0 saturated heterocycles. The van der Waals surface area contributed by atoms with E-state index in [-0.39, 0.29) is 11.9 Å². The molecule has 0 fully saturated rings. The Labute approximate surface area is 133 Å². The molecule has 0 amide bonds. The maximum atomic E-state index is 12.9. The van der Waals surface area contributed by atoms with Gasteiger partial charge in [0, 0.05) is 18.0 Å². The molecule has 0 bridgehead atoms. The maximum Gasteiger partial charge on any atom is 0.203 e. The average molecular weight is 313 g/mol. The van der Waals surface area contributed by atoms with Crippen molar-refractivity contribution in [3.63, 3.8) is 0 Å². The maximum absolute atomic E-state index is 12.9. The lowest BCUT2D eigenvalue weighted by atomic mass is 10.1. The summed E-state index contributed by atoms with van der Waals surface area (Å²) in [5.74, 6) is 0.522. The fraction of sp³-hybridized carbons (Fsp3) is 0.176. The summed E-state index contributed by atoms with van der Waals surface area (Å²) in [4.78, 5) is 4.50. The number of hydrogen-bond acceptors (Lipinski definition) is 4. The lowest BCUT2D eigenvalue weighted by Crippen LogP contribution is -2.06. The molecule has 5 heteroatoms. The molecule has 0 aliphatic rings. The first-order chi connectivity index (χ1) is 10.7. The number of nitrogens with one attached hydrogen (secondary N) is 1. The largest absolute Gasteiger partial charge is 0.354 e. The number of hydrogen-bond donors (Lipinski definition) is 1. The highest BCUT2D eigenvalue weighted by atomic mass is 32.1. The van der Waals surface area contributed by atoms with Crippen molar-refractivity contribution in [2.24, 2.45) is 0 Å². The molecule has 22 heavy (non-hydrogen) atoms. The fourth-order valence-electron chi connectivity index (χ4n) is 2.18. The van der Waals surface area contributed by atoms with Gasteiger partial charge in [0.2, 0.25) is 5.13 Å². The van der Waals surface area contributed by atoms with Gasteiger partial charge in [0.1, 0.15) is 11.6 Å². The first-order valence-electron chi connectivity index (χ1n) is 7.09. The third-order valence-electron chi connectivity index (χ3n) is 3.38. The molecule has 0 aliphatic heterocycles.